The van der Waals surface area contributed by atoms with Gasteiger partial charge in [0, 0.05) is 24.5 Å². The number of nitrogen functional groups attached to an aromatic ring is 1. The summed E-state index contributed by atoms with van der Waals surface area (Å²) in [7, 11) is 1.34. The van der Waals surface area contributed by atoms with E-state index in [9.17, 15) is 4.79 Å². The molecule has 0 aliphatic carbocycles. The Labute approximate surface area is 106 Å². The average Bonchev–Trinajstić information content (AvgIpc) is 2.90. The number of nitrogens with two attached hydrogens (primary N) is 1. The Bertz CT molecular complexity index is 428. The summed E-state index contributed by atoms with van der Waals surface area (Å²) in [5.74, 6) is -0.423. The Balaban J connectivity index is 2.02. The second-order valence-electron chi connectivity index (χ2n) is 4.31. The molecular weight excluding hydrogens is 232 g/mol. The highest BCUT2D eigenvalue weighted by Crippen LogP contribution is 2.20. The standard InChI is InChI=1S/C13H18N2O3/c1-17-13(16)11-7-9(4-5-12(11)14)15-8-10-3-2-6-18-10/h4-5,7,10,15H,2-3,6,8,14H2,1H3. The number of ether oxygens (including phenoxy) is 2. The lowest BCUT2D eigenvalue weighted by Crippen LogP contribution is -2.18. The number of benzene rings is 1. The lowest BCUT2D eigenvalue weighted by molar-refractivity contribution is 0.0602. The van der Waals surface area contributed by atoms with Crippen molar-refractivity contribution in [3.8, 4) is 0 Å². The van der Waals surface area contributed by atoms with Crippen molar-refractivity contribution >= 4 is 17.3 Å². The predicted molar refractivity (Wildman–Crippen MR) is 69.7 cm³/mol. The first-order valence-electron chi connectivity index (χ1n) is 6.04. The van der Waals surface area contributed by atoms with E-state index >= 15 is 0 Å². The minimum Gasteiger partial charge on any atom is -0.465 e. The molecule has 1 unspecified atom stereocenters. The van der Waals surface area contributed by atoms with E-state index in [0.717, 1.165) is 31.7 Å². The van der Waals surface area contributed by atoms with E-state index in [-0.39, 0.29) is 6.10 Å². The van der Waals surface area contributed by atoms with Crippen molar-refractivity contribution in [3.05, 3.63) is 23.8 Å². The van der Waals surface area contributed by atoms with Gasteiger partial charge in [0.1, 0.15) is 0 Å². The number of nitrogens with one attached hydrogen (secondary N) is 1. The second-order valence-corrected chi connectivity index (χ2v) is 4.31. The fourth-order valence-electron chi connectivity index (χ4n) is 1.99. The zero-order valence-corrected chi connectivity index (χ0v) is 10.4. The molecule has 0 aromatic heterocycles. The van der Waals surface area contributed by atoms with Gasteiger partial charge in [-0.15, -0.1) is 0 Å². The number of carbonyl (C=O) groups is 1. The van der Waals surface area contributed by atoms with Crippen LogP contribution in [0.4, 0.5) is 11.4 Å². The van der Waals surface area contributed by atoms with Crippen molar-refractivity contribution in [3.63, 3.8) is 0 Å². The van der Waals surface area contributed by atoms with Crippen LogP contribution in [0.3, 0.4) is 0 Å². The number of anilines is 2. The highest BCUT2D eigenvalue weighted by atomic mass is 16.5. The van der Waals surface area contributed by atoms with Crippen molar-refractivity contribution < 1.29 is 14.3 Å². The smallest absolute Gasteiger partial charge is 0.340 e. The first-order chi connectivity index (χ1) is 8.70. The monoisotopic (exact) mass is 250 g/mol. The number of carbonyl (C=O) groups excluding carboxylic acids is 1. The fraction of sp³-hybridized carbons (Fsp3) is 0.462. The number of esters is 1. The van der Waals surface area contributed by atoms with E-state index in [1.54, 1.807) is 12.1 Å². The Morgan fingerprint density at radius 2 is 2.44 bits per heavy atom. The molecule has 2 rings (SSSR count). The van der Waals surface area contributed by atoms with Crippen molar-refractivity contribution in [2.45, 2.75) is 18.9 Å². The van der Waals surface area contributed by atoms with E-state index in [1.807, 2.05) is 6.07 Å². The maximum atomic E-state index is 11.5. The van der Waals surface area contributed by atoms with E-state index in [0.29, 0.717) is 11.3 Å². The molecule has 0 spiro atoms. The van der Waals surface area contributed by atoms with Gasteiger partial charge >= 0.3 is 5.97 Å². The van der Waals surface area contributed by atoms with Gasteiger partial charge in [-0.05, 0) is 31.0 Å². The zero-order chi connectivity index (χ0) is 13.0. The Kier molecular flexibility index (Phi) is 4.04. The molecule has 1 atom stereocenters. The molecule has 0 saturated carbocycles. The largest absolute Gasteiger partial charge is 0.465 e. The summed E-state index contributed by atoms with van der Waals surface area (Å²) >= 11 is 0. The molecule has 1 fully saturated rings. The summed E-state index contributed by atoms with van der Waals surface area (Å²) in [5, 5.41) is 3.24. The first-order valence-corrected chi connectivity index (χ1v) is 6.04. The van der Waals surface area contributed by atoms with Crippen LogP contribution in [-0.2, 0) is 9.47 Å². The highest BCUT2D eigenvalue weighted by Gasteiger charge is 2.15. The number of methoxy groups -OCH3 is 1. The minimum absolute atomic E-state index is 0.254. The summed E-state index contributed by atoms with van der Waals surface area (Å²) in [5.41, 5.74) is 7.38. The highest BCUT2D eigenvalue weighted by molar-refractivity contribution is 5.96. The van der Waals surface area contributed by atoms with Gasteiger partial charge in [-0.25, -0.2) is 4.79 Å². The number of hydrogen-bond acceptors (Lipinski definition) is 5. The molecule has 1 aromatic carbocycles. The summed E-state index contributed by atoms with van der Waals surface area (Å²) in [6, 6.07) is 5.25. The topological polar surface area (TPSA) is 73.6 Å². The maximum Gasteiger partial charge on any atom is 0.340 e. The molecule has 0 radical (unpaired) electrons. The molecule has 0 amide bonds. The lowest BCUT2D eigenvalue weighted by atomic mass is 10.1. The van der Waals surface area contributed by atoms with E-state index < -0.39 is 5.97 Å². The Hall–Kier alpha value is -1.75. The summed E-state index contributed by atoms with van der Waals surface area (Å²) in [6.45, 7) is 1.58. The molecule has 18 heavy (non-hydrogen) atoms. The van der Waals surface area contributed by atoms with Crippen LogP contribution in [0.25, 0.3) is 0 Å². The summed E-state index contributed by atoms with van der Waals surface area (Å²) in [4.78, 5) is 11.5. The van der Waals surface area contributed by atoms with Crippen LogP contribution in [0.15, 0.2) is 18.2 Å². The summed E-state index contributed by atoms with van der Waals surface area (Å²) < 4.78 is 10.2. The van der Waals surface area contributed by atoms with Crippen molar-refractivity contribution in [1.29, 1.82) is 0 Å². The third kappa shape index (κ3) is 2.92. The second kappa shape index (κ2) is 5.73. The molecule has 0 bridgehead atoms. The fourth-order valence-corrected chi connectivity index (χ4v) is 1.99. The van der Waals surface area contributed by atoms with Crippen LogP contribution < -0.4 is 11.1 Å². The average molecular weight is 250 g/mol. The maximum absolute atomic E-state index is 11.5. The molecule has 98 valence electrons. The predicted octanol–water partition coefficient (Wildman–Crippen LogP) is 1.65. The van der Waals surface area contributed by atoms with Crippen molar-refractivity contribution in [2.24, 2.45) is 0 Å². The quantitative estimate of drug-likeness (QED) is 0.628. The Morgan fingerprint density at radius 3 is 3.11 bits per heavy atom. The first kappa shape index (κ1) is 12.7. The van der Waals surface area contributed by atoms with Crippen molar-refractivity contribution in [2.75, 3.05) is 31.3 Å². The molecule has 1 heterocycles. The van der Waals surface area contributed by atoms with Crippen molar-refractivity contribution in [1.82, 2.24) is 0 Å². The van der Waals surface area contributed by atoms with Crippen LogP contribution in [0.2, 0.25) is 0 Å². The van der Waals surface area contributed by atoms with Gasteiger partial charge in [0.2, 0.25) is 0 Å². The van der Waals surface area contributed by atoms with Gasteiger partial charge in [-0.3, -0.25) is 0 Å². The summed E-state index contributed by atoms with van der Waals surface area (Å²) in [6.07, 6.45) is 2.44. The molecule has 5 nitrogen and oxygen atoms in total. The minimum atomic E-state index is -0.423. The van der Waals surface area contributed by atoms with Gasteiger partial charge < -0.3 is 20.5 Å². The van der Waals surface area contributed by atoms with Gasteiger partial charge in [-0.1, -0.05) is 0 Å². The van der Waals surface area contributed by atoms with Crippen LogP contribution in [0, 0.1) is 0 Å². The van der Waals surface area contributed by atoms with Crippen LogP contribution >= 0.6 is 0 Å². The van der Waals surface area contributed by atoms with E-state index in [4.69, 9.17) is 10.5 Å². The van der Waals surface area contributed by atoms with Crippen LogP contribution in [-0.4, -0.2) is 32.3 Å². The SMILES string of the molecule is COC(=O)c1cc(NCC2CCCO2)ccc1N. The van der Waals surface area contributed by atoms with Crippen LogP contribution in [0.5, 0.6) is 0 Å². The number of hydrogen-bond donors (Lipinski definition) is 2. The molecule has 1 aromatic rings. The van der Waals surface area contributed by atoms with Gasteiger partial charge in [0.15, 0.2) is 0 Å². The molecule has 3 N–H and O–H groups in total. The molecule has 1 saturated heterocycles. The molecule has 1 aliphatic rings. The van der Waals surface area contributed by atoms with Gasteiger partial charge in [0.05, 0.1) is 18.8 Å². The third-order valence-corrected chi connectivity index (χ3v) is 3.02. The normalized spacial score (nSPS) is 18.6. The zero-order valence-electron chi connectivity index (χ0n) is 10.4. The van der Waals surface area contributed by atoms with Gasteiger partial charge in [0.25, 0.3) is 0 Å². The molecule has 1 aliphatic heterocycles. The Morgan fingerprint density at radius 1 is 1.61 bits per heavy atom. The van der Waals surface area contributed by atoms with E-state index in [2.05, 4.69) is 10.1 Å². The molecular formula is C13H18N2O3. The number of rotatable bonds is 4. The lowest BCUT2D eigenvalue weighted by Gasteiger charge is -2.13. The molecule has 5 heteroatoms. The van der Waals surface area contributed by atoms with E-state index in [1.165, 1.54) is 7.11 Å². The van der Waals surface area contributed by atoms with Crippen LogP contribution in [0.1, 0.15) is 23.2 Å². The van der Waals surface area contributed by atoms with Gasteiger partial charge in [-0.2, -0.15) is 0 Å². The third-order valence-electron chi connectivity index (χ3n) is 3.02.